The molecule has 3 rings (SSSR count). The number of carbonyl (C=O) groups excluding carboxylic acids is 1. The summed E-state index contributed by atoms with van der Waals surface area (Å²) in [6.07, 6.45) is 6.83. The molecule has 0 unspecified atom stereocenters. The monoisotopic (exact) mass is 490 g/mol. The summed E-state index contributed by atoms with van der Waals surface area (Å²) in [7, 11) is 7.72. The molecule has 0 spiro atoms. The van der Waals surface area contributed by atoms with Crippen LogP contribution in [0.15, 0.2) is 54.6 Å². The zero-order valence-corrected chi connectivity index (χ0v) is 21.0. The Morgan fingerprint density at radius 2 is 1.39 bits per heavy atom. The van der Waals surface area contributed by atoms with Gasteiger partial charge in [-0.1, -0.05) is 24.3 Å². The lowest BCUT2D eigenvalue weighted by atomic mass is 10.1. The van der Waals surface area contributed by atoms with Gasteiger partial charge in [0.25, 0.3) is 0 Å². The van der Waals surface area contributed by atoms with Gasteiger partial charge in [0.2, 0.25) is 11.7 Å². The largest absolute Gasteiger partial charge is 0.493 e. The van der Waals surface area contributed by atoms with Crippen LogP contribution in [0.1, 0.15) is 16.7 Å². The summed E-state index contributed by atoms with van der Waals surface area (Å²) in [5, 5.41) is 2.91. The Kier molecular flexibility index (Phi) is 8.83. The third kappa shape index (κ3) is 6.09. The minimum atomic E-state index is -0.341. The molecule has 3 N–H and O–H groups in total. The summed E-state index contributed by atoms with van der Waals surface area (Å²) in [6.45, 7) is 0. The zero-order chi connectivity index (χ0) is 26.1. The van der Waals surface area contributed by atoms with Gasteiger partial charge in [-0.25, -0.2) is 0 Å². The SMILES string of the molecule is COc1cc(C=Cc2ccc(OC)c(OC)c2NC(=O)/C=C/c2cccc(N)c2)cc(OC)c1OC. The van der Waals surface area contributed by atoms with Crippen molar-refractivity contribution in [2.75, 3.05) is 46.6 Å². The second kappa shape index (κ2) is 12.2. The van der Waals surface area contributed by atoms with E-state index in [9.17, 15) is 4.79 Å². The van der Waals surface area contributed by atoms with E-state index in [2.05, 4.69) is 5.32 Å². The molecular formula is C28H30N2O6. The molecule has 0 aliphatic rings. The third-order valence-electron chi connectivity index (χ3n) is 5.31. The van der Waals surface area contributed by atoms with Crippen molar-refractivity contribution in [3.05, 3.63) is 71.3 Å². The van der Waals surface area contributed by atoms with Crippen molar-refractivity contribution in [2.45, 2.75) is 0 Å². The molecule has 0 radical (unpaired) electrons. The van der Waals surface area contributed by atoms with Crippen LogP contribution in [0, 0.1) is 0 Å². The highest BCUT2D eigenvalue weighted by Crippen LogP contribution is 2.40. The van der Waals surface area contributed by atoms with Gasteiger partial charge in [0.1, 0.15) is 0 Å². The first-order valence-electron chi connectivity index (χ1n) is 11.0. The molecule has 0 aliphatic heterocycles. The van der Waals surface area contributed by atoms with E-state index in [1.165, 1.54) is 20.3 Å². The van der Waals surface area contributed by atoms with Crippen LogP contribution in [0.3, 0.4) is 0 Å². The van der Waals surface area contributed by atoms with Gasteiger partial charge in [-0.2, -0.15) is 0 Å². The molecule has 0 heterocycles. The second-order valence-electron chi connectivity index (χ2n) is 7.55. The summed E-state index contributed by atoms with van der Waals surface area (Å²) in [5.41, 5.74) is 9.21. The number of hydrogen-bond donors (Lipinski definition) is 2. The summed E-state index contributed by atoms with van der Waals surface area (Å²) in [6, 6.07) is 14.5. The van der Waals surface area contributed by atoms with Crippen molar-refractivity contribution in [1.82, 2.24) is 0 Å². The molecule has 8 heteroatoms. The molecule has 3 aromatic rings. The quantitative estimate of drug-likeness (QED) is 0.231. The first-order valence-corrected chi connectivity index (χ1v) is 11.0. The van der Waals surface area contributed by atoms with Gasteiger partial charge < -0.3 is 34.7 Å². The maximum Gasteiger partial charge on any atom is 0.248 e. The van der Waals surface area contributed by atoms with Crippen molar-refractivity contribution in [2.24, 2.45) is 0 Å². The van der Waals surface area contributed by atoms with Crippen molar-refractivity contribution < 1.29 is 28.5 Å². The van der Waals surface area contributed by atoms with Gasteiger partial charge in [-0.3, -0.25) is 4.79 Å². The Hall–Kier alpha value is -4.59. The lowest BCUT2D eigenvalue weighted by molar-refractivity contribution is -0.111. The van der Waals surface area contributed by atoms with E-state index in [-0.39, 0.29) is 5.91 Å². The number of benzene rings is 3. The fourth-order valence-corrected chi connectivity index (χ4v) is 3.59. The van der Waals surface area contributed by atoms with Crippen molar-refractivity contribution in [1.29, 1.82) is 0 Å². The topological polar surface area (TPSA) is 101 Å². The molecule has 188 valence electrons. The van der Waals surface area contributed by atoms with Crippen molar-refractivity contribution >= 4 is 35.5 Å². The lowest BCUT2D eigenvalue weighted by Crippen LogP contribution is -2.11. The van der Waals surface area contributed by atoms with Gasteiger partial charge in [-0.05, 0) is 53.6 Å². The molecule has 0 atom stereocenters. The number of nitrogen functional groups attached to an aromatic ring is 1. The number of hydrogen-bond acceptors (Lipinski definition) is 7. The van der Waals surface area contributed by atoms with Crippen LogP contribution >= 0.6 is 0 Å². The van der Waals surface area contributed by atoms with Crippen molar-refractivity contribution in [3.8, 4) is 28.7 Å². The van der Waals surface area contributed by atoms with Gasteiger partial charge in [0.05, 0.1) is 41.2 Å². The Morgan fingerprint density at radius 1 is 0.722 bits per heavy atom. The maximum absolute atomic E-state index is 12.8. The number of carbonyl (C=O) groups is 1. The van der Waals surface area contributed by atoms with Crippen LogP contribution in [0.4, 0.5) is 11.4 Å². The van der Waals surface area contributed by atoms with Crippen molar-refractivity contribution in [3.63, 3.8) is 0 Å². The third-order valence-corrected chi connectivity index (χ3v) is 5.31. The minimum Gasteiger partial charge on any atom is -0.493 e. The predicted octanol–water partition coefficient (Wildman–Crippen LogP) is 5.13. The van der Waals surface area contributed by atoms with Crippen LogP contribution in [0.25, 0.3) is 18.2 Å². The molecule has 0 saturated carbocycles. The Balaban J connectivity index is 1.97. The summed E-state index contributed by atoms with van der Waals surface area (Å²) < 4.78 is 27.3. The van der Waals surface area contributed by atoms with E-state index in [0.29, 0.717) is 45.7 Å². The lowest BCUT2D eigenvalue weighted by Gasteiger charge is -2.16. The standard InChI is InChI=1S/C28H30N2O6/c1-32-22-13-12-20(11-9-19-16-23(33-2)27(35-4)24(17-19)34-3)26(28(22)36-5)30-25(31)14-10-18-7-6-8-21(29)15-18/h6-17H,29H2,1-5H3,(H,30,31)/b11-9?,14-10+. The highest BCUT2D eigenvalue weighted by Gasteiger charge is 2.16. The maximum atomic E-state index is 12.8. The normalized spacial score (nSPS) is 10.9. The van der Waals surface area contributed by atoms with E-state index in [0.717, 1.165) is 11.1 Å². The Labute approximate surface area is 210 Å². The molecule has 8 nitrogen and oxygen atoms in total. The molecule has 1 amide bonds. The average molecular weight is 491 g/mol. The predicted molar refractivity (Wildman–Crippen MR) is 143 cm³/mol. The van der Waals surface area contributed by atoms with Gasteiger partial charge in [-0.15, -0.1) is 0 Å². The highest BCUT2D eigenvalue weighted by atomic mass is 16.5. The van der Waals surface area contributed by atoms with Gasteiger partial charge >= 0.3 is 0 Å². The highest BCUT2D eigenvalue weighted by molar-refractivity contribution is 6.04. The Bertz CT molecular complexity index is 1260. The number of nitrogens with one attached hydrogen (secondary N) is 1. The van der Waals surface area contributed by atoms with Crippen LogP contribution in [0.2, 0.25) is 0 Å². The van der Waals surface area contributed by atoms with E-state index in [1.807, 2.05) is 42.5 Å². The number of rotatable bonds is 10. The molecule has 3 aromatic carbocycles. The number of amides is 1. The molecule has 0 bridgehead atoms. The van der Waals surface area contributed by atoms with Crippen LogP contribution in [-0.4, -0.2) is 41.5 Å². The minimum absolute atomic E-state index is 0.341. The number of nitrogens with two attached hydrogens (primary N) is 1. The van der Waals surface area contributed by atoms with Gasteiger partial charge in [0, 0.05) is 17.3 Å². The van der Waals surface area contributed by atoms with E-state index < -0.39 is 0 Å². The molecule has 36 heavy (non-hydrogen) atoms. The number of ether oxygens (including phenoxy) is 5. The summed E-state index contributed by atoms with van der Waals surface area (Å²) >= 11 is 0. The summed E-state index contributed by atoms with van der Waals surface area (Å²) in [5.74, 6) is 2.11. The van der Waals surface area contributed by atoms with Gasteiger partial charge in [0.15, 0.2) is 23.0 Å². The first-order chi connectivity index (χ1) is 17.4. The van der Waals surface area contributed by atoms with Crippen LogP contribution in [-0.2, 0) is 4.79 Å². The molecule has 0 aromatic heterocycles. The fourth-order valence-electron chi connectivity index (χ4n) is 3.59. The number of methoxy groups -OCH3 is 5. The first kappa shape index (κ1) is 26.0. The zero-order valence-electron chi connectivity index (χ0n) is 21.0. The smallest absolute Gasteiger partial charge is 0.248 e. The van der Waals surface area contributed by atoms with E-state index >= 15 is 0 Å². The molecule has 0 aliphatic carbocycles. The van der Waals surface area contributed by atoms with Crippen LogP contribution in [0.5, 0.6) is 28.7 Å². The molecule has 0 fully saturated rings. The van der Waals surface area contributed by atoms with Crippen LogP contribution < -0.4 is 34.7 Å². The Morgan fingerprint density at radius 3 is 1.97 bits per heavy atom. The van der Waals surface area contributed by atoms with E-state index in [4.69, 9.17) is 29.4 Å². The fraction of sp³-hybridized carbons (Fsp3) is 0.179. The average Bonchev–Trinajstić information content (AvgIpc) is 2.90. The molecule has 0 saturated heterocycles. The summed E-state index contributed by atoms with van der Waals surface area (Å²) in [4.78, 5) is 12.8. The van der Waals surface area contributed by atoms with E-state index in [1.54, 1.807) is 45.6 Å². The second-order valence-corrected chi connectivity index (χ2v) is 7.55. The number of anilines is 2. The molecular weight excluding hydrogens is 460 g/mol.